The predicted molar refractivity (Wildman–Crippen MR) is 84.1 cm³/mol. The van der Waals surface area contributed by atoms with Gasteiger partial charge in [0.2, 0.25) is 0 Å². The van der Waals surface area contributed by atoms with Gasteiger partial charge in [-0.25, -0.2) is 9.67 Å². The number of hydrogen-bond donors (Lipinski definition) is 1. The van der Waals surface area contributed by atoms with Gasteiger partial charge in [-0.3, -0.25) is 4.79 Å². The Kier molecular flexibility index (Phi) is 4.20. The standard InChI is InChI=1S/C16H21N5O/c1-12-9-13(3-4-15(12)21-11-18-10-19-21)16(22)20(2)14-5-7-17-8-6-14/h3-4,9-11,14,17H,5-8H2,1-2H3. The van der Waals surface area contributed by atoms with Crippen LogP contribution in [-0.4, -0.2) is 51.8 Å². The average Bonchev–Trinajstić information content (AvgIpc) is 3.08. The fourth-order valence-corrected chi connectivity index (χ4v) is 2.94. The SMILES string of the molecule is Cc1cc(C(=O)N(C)C2CCNCC2)ccc1-n1cncn1. The summed E-state index contributed by atoms with van der Waals surface area (Å²) in [4.78, 5) is 18.5. The van der Waals surface area contributed by atoms with Gasteiger partial charge < -0.3 is 10.2 Å². The van der Waals surface area contributed by atoms with Crippen LogP contribution in [0.2, 0.25) is 0 Å². The van der Waals surface area contributed by atoms with E-state index in [0.29, 0.717) is 6.04 Å². The molecule has 2 heterocycles. The molecule has 6 heteroatoms. The monoisotopic (exact) mass is 299 g/mol. The van der Waals surface area contributed by atoms with E-state index in [9.17, 15) is 4.79 Å². The van der Waals surface area contributed by atoms with Crippen LogP contribution in [0.15, 0.2) is 30.9 Å². The van der Waals surface area contributed by atoms with Crippen LogP contribution in [-0.2, 0) is 0 Å². The van der Waals surface area contributed by atoms with Crippen molar-refractivity contribution in [3.63, 3.8) is 0 Å². The van der Waals surface area contributed by atoms with Crippen LogP contribution in [0, 0.1) is 6.92 Å². The van der Waals surface area contributed by atoms with Gasteiger partial charge in [-0.2, -0.15) is 5.10 Å². The van der Waals surface area contributed by atoms with E-state index in [-0.39, 0.29) is 5.91 Å². The van der Waals surface area contributed by atoms with Crippen molar-refractivity contribution in [1.29, 1.82) is 0 Å². The van der Waals surface area contributed by atoms with Crippen LogP contribution < -0.4 is 5.32 Å². The maximum absolute atomic E-state index is 12.7. The Morgan fingerprint density at radius 1 is 1.36 bits per heavy atom. The first-order valence-electron chi connectivity index (χ1n) is 7.60. The summed E-state index contributed by atoms with van der Waals surface area (Å²) in [6.45, 7) is 3.94. The number of nitrogens with zero attached hydrogens (tertiary/aromatic N) is 4. The molecule has 0 aliphatic carbocycles. The average molecular weight is 299 g/mol. The van der Waals surface area contributed by atoms with Gasteiger partial charge in [0.05, 0.1) is 5.69 Å². The molecule has 1 saturated heterocycles. The lowest BCUT2D eigenvalue weighted by atomic mass is 10.0. The van der Waals surface area contributed by atoms with Gasteiger partial charge >= 0.3 is 0 Å². The number of aromatic nitrogens is 3. The van der Waals surface area contributed by atoms with Crippen LogP contribution in [0.4, 0.5) is 0 Å². The molecule has 1 aromatic carbocycles. The molecular weight excluding hydrogens is 278 g/mol. The molecule has 1 aliphatic rings. The zero-order chi connectivity index (χ0) is 15.5. The van der Waals surface area contributed by atoms with Crippen molar-refractivity contribution in [3.8, 4) is 5.69 Å². The molecule has 0 atom stereocenters. The van der Waals surface area contributed by atoms with Gasteiger partial charge in [0.15, 0.2) is 0 Å². The number of amides is 1. The minimum Gasteiger partial charge on any atom is -0.339 e. The number of carbonyl (C=O) groups excluding carboxylic acids is 1. The Morgan fingerprint density at radius 3 is 2.77 bits per heavy atom. The molecule has 1 aromatic heterocycles. The van der Waals surface area contributed by atoms with E-state index in [4.69, 9.17) is 0 Å². The largest absolute Gasteiger partial charge is 0.339 e. The molecule has 1 fully saturated rings. The third-order valence-corrected chi connectivity index (χ3v) is 4.29. The van der Waals surface area contributed by atoms with E-state index >= 15 is 0 Å². The van der Waals surface area contributed by atoms with Crippen LogP contribution >= 0.6 is 0 Å². The summed E-state index contributed by atoms with van der Waals surface area (Å²) in [5.41, 5.74) is 2.68. The van der Waals surface area contributed by atoms with Crippen molar-refractivity contribution < 1.29 is 4.79 Å². The van der Waals surface area contributed by atoms with Crippen LogP contribution in [0.25, 0.3) is 5.69 Å². The third kappa shape index (κ3) is 2.87. The lowest BCUT2D eigenvalue weighted by Gasteiger charge is -2.31. The molecule has 6 nitrogen and oxygen atoms in total. The number of benzene rings is 1. The van der Waals surface area contributed by atoms with E-state index in [1.165, 1.54) is 6.33 Å². The Labute approximate surface area is 130 Å². The first kappa shape index (κ1) is 14.7. The molecule has 116 valence electrons. The van der Waals surface area contributed by atoms with E-state index in [2.05, 4.69) is 15.4 Å². The summed E-state index contributed by atoms with van der Waals surface area (Å²) >= 11 is 0. The molecule has 0 saturated carbocycles. The van der Waals surface area contributed by atoms with Gasteiger partial charge in [0, 0.05) is 18.7 Å². The van der Waals surface area contributed by atoms with Crippen molar-refractivity contribution in [2.24, 2.45) is 0 Å². The highest BCUT2D eigenvalue weighted by atomic mass is 16.2. The molecule has 0 spiro atoms. The van der Waals surface area contributed by atoms with Gasteiger partial charge in [0.25, 0.3) is 5.91 Å². The first-order valence-corrected chi connectivity index (χ1v) is 7.60. The topological polar surface area (TPSA) is 63.1 Å². The second-order valence-electron chi connectivity index (χ2n) is 5.74. The Hall–Kier alpha value is -2.21. The highest BCUT2D eigenvalue weighted by molar-refractivity contribution is 5.94. The molecule has 1 aliphatic heterocycles. The summed E-state index contributed by atoms with van der Waals surface area (Å²) < 4.78 is 1.71. The van der Waals surface area contributed by atoms with Crippen molar-refractivity contribution >= 4 is 5.91 Å². The highest BCUT2D eigenvalue weighted by Gasteiger charge is 2.23. The quantitative estimate of drug-likeness (QED) is 0.930. The van der Waals surface area contributed by atoms with Crippen molar-refractivity contribution in [2.75, 3.05) is 20.1 Å². The number of rotatable bonds is 3. The number of carbonyl (C=O) groups is 1. The summed E-state index contributed by atoms with van der Waals surface area (Å²) in [6, 6.07) is 6.04. The summed E-state index contributed by atoms with van der Waals surface area (Å²) in [6.07, 6.45) is 5.19. The maximum Gasteiger partial charge on any atom is 0.253 e. The van der Waals surface area contributed by atoms with Gasteiger partial charge in [-0.1, -0.05) is 0 Å². The second kappa shape index (κ2) is 6.27. The molecule has 0 bridgehead atoms. The fourth-order valence-electron chi connectivity index (χ4n) is 2.94. The summed E-state index contributed by atoms with van der Waals surface area (Å²) in [5.74, 6) is 0.0835. The van der Waals surface area contributed by atoms with Crippen molar-refractivity contribution in [1.82, 2.24) is 25.0 Å². The van der Waals surface area contributed by atoms with Crippen LogP contribution in [0.5, 0.6) is 0 Å². The predicted octanol–water partition coefficient (Wildman–Crippen LogP) is 1.40. The second-order valence-corrected chi connectivity index (χ2v) is 5.74. The van der Waals surface area contributed by atoms with Gasteiger partial charge in [0.1, 0.15) is 12.7 Å². The Bertz CT molecular complexity index is 647. The number of piperidine rings is 1. The van der Waals surface area contributed by atoms with E-state index in [1.807, 2.05) is 37.1 Å². The Morgan fingerprint density at radius 2 is 2.14 bits per heavy atom. The fraction of sp³-hybridized carbons (Fsp3) is 0.438. The zero-order valence-corrected chi connectivity index (χ0v) is 13.0. The van der Waals surface area contributed by atoms with Crippen molar-refractivity contribution in [3.05, 3.63) is 42.0 Å². The molecule has 1 N–H and O–H groups in total. The molecular formula is C16H21N5O. The maximum atomic E-state index is 12.7. The molecule has 0 unspecified atom stereocenters. The molecule has 3 rings (SSSR count). The molecule has 22 heavy (non-hydrogen) atoms. The third-order valence-electron chi connectivity index (χ3n) is 4.29. The normalized spacial score (nSPS) is 15.7. The number of hydrogen-bond acceptors (Lipinski definition) is 4. The van der Waals surface area contributed by atoms with E-state index in [0.717, 1.165) is 42.7 Å². The van der Waals surface area contributed by atoms with Crippen LogP contribution in [0.1, 0.15) is 28.8 Å². The molecule has 2 aromatic rings. The lowest BCUT2D eigenvalue weighted by Crippen LogP contribution is -2.43. The Balaban J connectivity index is 1.79. The summed E-state index contributed by atoms with van der Waals surface area (Å²) in [7, 11) is 1.90. The zero-order valence-electron chi connectivity index (χ0n) is 13.0. The number of aryl methyl sites for hydroxylation is 1. The first-order chi connectivity index (χ1) is 10.7. The van der Waals surface area contributed by atoms with E-state index < -0.39 is 0 Å². The lowest BCUT2D eigenvalue weighted by molar-refractivity contribution is 0.0703. The number of nitrogens with one attached hydrogen (secondary N) is 1. The minimum atomic E-state index is 0.0835. The molecule has 1 amide bonds. The summed E-state index contributed by atoms with van der Waals surface area (Å²) in [5, 5.41) is 7.46. The van der Waals surface area contributed by atoms with E-state index in [1.54, 1.807) is 11.0 Å². The van der Waals surface area contributed by atoms with Gasteiger partial charge in [-0.15, -0.1) is 0 Å². The minimum absolute atomic E-state index is 0.0835. The highest BCUT2D eigenvalue weighted by Crippen LogP contribution is 2.18. The van der Waals surface area contributed by atoms with Crippen molar-refractivity contribution in [2.45, 2.75) is 25.8 Å². The smallest absolute Gasteiger partial charge is 0.253 e. The molecule has 0 radical (unpaired) electrons. The van der Waals surface area contributed by atoms with Crippen LogP contribution in [0.3, 0.4) is 0 Å². The van der Waals surface area contributed by atoms with Gasteiger partial charge in [-0.05, 0) is 56.6 Å².